The van der Waals surface area contributed by atoms with Gasteiger partial charge >= 0.3 is 0 Å². The summed E-state index contributed by atoms with van der Waals surface area (Å²) < 4.78 is 0. The molecule has 2 aliphatic rings. The maximum absolute atomic E-state index is 3.53. The van der Waals surface area contributed by atoms with Crippen molar-refractivity contribution in [2.75, 3.05) is 0 Å². The Kier molecular flexibility index (Phi) is 2.07. The fraction of sp³-hybridized carbons (Fsp3) is 0.143. The van der Waals surface area contributed by atoms with Gasteiger partial charge in [0.05, 0.1) is 5.70 Å². The molecule has 1 atom stereocenters. The zero-order valence-corrected chi connectivity index (χ0v) is 9.22. The molecule has 0 saturated heterocycles. The number of allylic oxidation sites excluding steroid dienone is 2. The monoisotopic (exact) mass is 210 g/mol. The van der Waals surface area contributed by atoms with Crippen molar-refractivity contribution in [1.29, 1.82) is 0 Å². The molecule has 80 valence electrons. The smallest absolute Gasteiger partial charge is 0.125 e. The maximum Gasteiger partial charge on any atom is 0.125 e. The Bertz CT molecular complexity index is 483. The van der Waals surface area contributed by atoms with E-state index in [2.05, 4.69) is 66.0 Å². The number of fused-ring (bicyclic) bond motifs is 1. The molecule has 0 saturated carbocycles. The highest BCUT2D eigenvalue weighted by Crippen LogP contribution is 2.26. The van der Waals surface area contributed by atoms with Crippen LogP contribution in [0, 0.1) is 0 Å². The van der Waals surface area contributed by atoms with Crippen LogP contribution in [0.15, 0.2) is 60.5 Å². The number of rotatable bonds is 1. The van der Waals surface area contributed by atoms with E-state index in [1.165, 1.54) is 16.8 Å². The van der Waals surface area contributed by atoms with Crippen LogP contribution in [-0.4, -0.2) is 11.1 Å². The van der Waals surface area contributed by atoms with Gasteiger partial charge in [-0.3, -0.25) is 0 Å². The number of nitrogens with zero attached hydrogens (tertiary/aromatic N) is 1. The van der Waals surface area contributed by atoms with Crippen LogP contribution in [0.1, 0.15) is 12.5 Å². The van der Waals surface area contributed by atoms with Crippen LogP contribution in [0.4, 0.5) is 0 Å². The van der Waals surface area contributed by atoms with Crippen LogP contribution in [-0.2, 0) is 0 Å². The minimum Gasteiger partial charge on any atom is -0.360 e. The Balaban J connectivity index is 1.92. The molecule has 0 bridgehead atoms. The fourth-order valence-electron chi connectivity index (χ4n) is 2.12. The average Bonchev–Trinajstić information content (AvgIpc) is 2.76. The highest BCUT2D eigenvalue weighted by molar-refractivity contribution is 5.66. The average molecular weight is 210 g/mol. The first-order chi connectivity index (χ1) is 7.84. The normalized spacial score (nSPS) is 22.3. The van der Waals surface area contributed by atoms with E-state index in [1.54, 1.807) is 0 Å². The Labute approximate surface area is 95.6 Å². The van der Waals surface area contributed by atoms with Gasteiger partial charge in [-0.2, -0.15) is 0 Å². The molecule has 0 radical (unpaired) electrons. The van der Waals surface area contributed by atoms with Crippen molar-refractivity contribution in [3.8, 4) is 0 Å². The third-order valence-corrected chi connectivity index (χ3v) is 3.00. The van der Waals surface area contributed by atoms with Gasteiger partial charge in [0.25, 0.3) is 0 Å². The van der Waals surface area contributed by atoms with Gasteiger partial charge in [0, 0.05) is 12.4 Å². The Morgan fingerprint density at radius 1 is 1.19 bits per heavy atom. The topological polar surface area (TPSA) is 15.3 Å². The largest absolute Gasteiger partial charge is 0.360 e. The molecule has 1 N–H and O–H groups in total. The lowest BCUT2D eigenvalue weighted by Gasteiger charge is -2.25. The van der Waals surface area contributed by atoms with E-state index in [0.29, 0.717) is 6.17 Å². The van der Waals surface area contributed by atoms with Crippen LogP contribution in [0.2, 0.25) is 0 Å². The fourth-order valence-corrected chi connectivity index (χ4v) is 2.12. The summed E-state index contributed by atoms with van der Waals surface area (Å²) >= 11 is 0. The third kappa shape index (κ3) is 1.43. The summed E-state index contributed by atoms with van der Waals surface area (Å²) in [5.41, 5.74) is 3.76. The summed E-state index contributed by atoms with van der Waals surface area (Å²) in [7, 11) is 0. The molecule has 2 nitrogen and oxygen atoms in total. The summed E-state index contributed by atoms with van der Waals surface area (Å²) in [6.07, 6.45) is 8.78. The van der Waals surface area contributed by atoms with Crippen molar-refractivity contribution in [3.05, 3.63) is 66.0 Å². The van der Waals surface area contributed by atoms with E-state index < -0.39 is 0 Å². The van der Waals surface area contributed by atoms with Crippen LogP contribution in [0.5, 0.6) is 0 Å². The molecule has 0 amide bonds. The zero-order chi connectivity index (χ0) is 11.0. The summed E-state index contributed by atoms with van der Waals surface area (Å²) in [5, 5.41) is 3.53. The number of benzene rings is 1. The number of nitrogens with one attached hydrogen (secondary N) is 1. The molecule has 0 aliphatic carbocycles. The molecular weight excluding hydrogens is 196 g/mol. The van der Waals surface area contributed by atoms with Crippen molar-refractivity contribution in [2.45, 2.75) is 13.1 Å². The minimum atomic E-state index is 0.292. The van der Waals surface area contributed by atoms with Crippen molar-refractivity contribution < 1.29 is 0 Å². The number of hydrogen-bond donors (Lipinski definition) is 1. The molecule has 2 aliphatic heterocycles. The van der Waals surface area contributed by atoms with Crippen molar-refractivity contribution in [1.82, 2.24) is 10.2 Å². The van der Waals surface area contributed by atoms with Gasteiger partial charge in [-0.05, 0) is 24.1 Å². The van der Waals surface area contributed by atoms with Gasteiger partial charge in [0.2, 0.25) is 0 Å². The highest BCUT2D eigenvalue weighted by atomic mass is 15.3. The van der Waals surface area contributed by atoms with Gasteiger partial charge in [0.1, 0.15) is 6.17 Å². The van der Waals surface area contributed by atoms with Crippen molar-refractivity contribution in [2.24, 2.45) is 0 Å². The predicted octanol–water partition coefficient (Wildman–Crippen LogP) is 2.69. The molecule has 3 rings (SSSR count). The summed E-state index contributed by atoms with van der Waals surface area (Å²) in [6.45, 7) is 2.15. The maximum atomic E-state index is 3.53. The van der Waals surface area contributed by atoms with Crippen LogP contribution in [0.25, 0.3) is 5.70 Å². The zero-order valence-electron chi connectivity index (χ0n) is 9.22. The van der Waals surface area contributed by atoms with E-state index in [9.17, 15) is 0 Å². The summed E-state index contributed by atoms with van der Waals surface area (Å²) in [4.78, 5) is 2.21. The van der Waals surface area contributed by atoms with Gasteiger partial charge in [-0.25, -0.2) is 0 Å². The first kappa shape index (κ1) is 9.28. The minimum absolute atomic E-state index is 0.292. The highest BCUT2D eigenvalue weighted by Gasteiger charge is 2.25. The van der Waals surface area contributed by atoms with Gasteiger partial charge in [-0.15, -0.1) is 0 Å². The van der Waals surface area contributed by atoms with E-state index in [0.717, 1.165) is 0 Å². The van der Waals surface area contributed by atoms with Crippen LogP contribution < -0.4 is 5.32 Å². The molecule has 2 heterocycles. The molecule has 0 spiro atoms. The van der Waals surface area contributed by atoms with Crippen LogP contribution >= 0.6 is 0 Å². The molecule has 0 aromatic heterocycles. The molecule has 1 aromatic rings. The van der Waals surface area contributed by atoms with Gasteiger partial charge in [-0.1, -0.05) is 36.4 Å². The second kappa shape index (κ2) is 3.56. The van der Waals surface area contributed by atoms with Gasteiger partial charge in [0.15, 0.2) is 0 Å². The lowest BCUT2D eigenvalue weighted by molar-refractivity contribution is 0.408. The molecular formula is C14H14N2. The third-order valence-electron chi connectivity index (χ3n) is 3.00. The Hall–Kier alpha value is -1.96. The lowest BCUT2D eigenvalue weighted by Crippen LogP contribution is -2.35. The summed E-state index contributed by atoms with van der Waals surface area (Å²) in [5.74, 6) is 0. The molecule has 2 heteroatoms. The van der Waals surface area contributed by atoms with E-state index in [-0.39, 0.29) is 0 Å². The second-order valence-corrected chi connectivity index (χ2v) is 4.16. The quantitative estimate of drug-likeness (QED) is 0.766. The van der Waals surface area contributed by atoms with Crippen molar-refractivity contribution >= 4 is 5.70 Å². The number of hydrogen-bond acceptors (Lipinski definition) is 2. The van der Waals surface area contributed by atoms with Crippen molar-refractivity contribution in [3.63, 3.8) is 0 Å². The first-order valence-corrected chi connectivity index (χ1v) is 5.51. The predicted molar refractivity (Wildman–Crippen MR) is 66.1 cm³/mol. The lowest BCUT2D eigenvalue weighted by atomic mass is 10.1. The Morgan fingerprint density at radius 3 is 2.75 bits per heavy atom. The van der Waals surface area contributed by atoms with E-state index >= 15 is 0 Å². The molecule has 0 unspecified atom stereocenters. The SMILES string of the molecule is CC1=CC=CN2C=C(c3ccccc3)N[C@H]12. The van der Waals surface area contributed by atoms with E-state index in [4.69, 9.17) is 0 Å². The summed E-state index contributed by atoms with van der Waals surface area (Å²) in [6, 6.07) is 10.4. The van der Waals surface area contributed by atoms with Crippen LogP contribution in [0.3, 0.4) is 0 Å². The van der Waals surface area contributed by atoms with Gasteiger partial charge < -0.3 is 10.2 Å². The van der Waals surface area contributed by atoms with E-state index in [1.807, 2.05) is 6.07 Å². The molecule has 0 fully saturated rings. The molecule has 1 aromatic carbocycles. The second-order valence-electron chi connectivity index (χ2n) is 4.16. The first-order valence-electron chi connectivity index (χ1n) is 5.51. The molecule has 16 heavy (non-hydrogen) atoms. The Morgan fingerprint density at radius 2 is 2.00 bits per heavy atom. The standard InChI is InChI=1S/C14H14N2/c1-11-6-5-9-16-10-13(15-14(11)16)12-7-3-2-4-8-12/h2-10,14-15H,1H3/t14-/m0/s1.